The van der Waals surface area contributed by atoms with Crippen molar-refractivity contribution < 1.29 is 14.7 Å². The van der Waals surface area contributed by atoms with Crippen LogP contribution < -0.4 is 5.32 Å². The number of nitrogens with one attached hydrogen (secondary N) is 2. The lowest BCUT2D eigenvalue weighted by Crippen LogP contribution is -2.42. The minimum absolute atomic E-state index is 0.189. The summed E-state index contributed by atoms with van der Waals surface area (Å²) >= 11 is 0. The van der Waals surface area contributed by atoms with Crippen LogP contribution in [0, 0.1) is 0 Å². The highest BCUT2D eigenvalue weighted by Gasteiger charge is 2.20. The van der Waals surface area contributed by atoms with Crippen molar-refractivity contribution in [2.75, 3.05) is 0 Å². The Labute approximate surface area is 169 Å². The van der Waals surface area contributed by atoms with Crippen LogP contribution in [0.2, 0.25) is 0 Å². The molecule has 0 aliphatic carbocycles. The lowest BCUT2D eigenvalue weighted by atomic mass is 10.0. The number of carbonyl (C=O) groups excluding carboxylic acids is 1. The Morgan fingerprint density at radius 3 is 1.96 bits per heavy atom. The molecular formula is C22H39N3O3. The Kier molecular flexibility index (Phi) is 13.9. The quantitative estimate of drug-likeness (QED) is 0.306. The van der Waals surface area contributed by atoms with Gasteiger partial charge < -0.3 is 15.4 Å². The lowest BCUT2D eigenvalue weighted by Gasteiger charge is -2.13. The number of carbonyl (C=O) groups is 2. The molecular weight excluding hydrogens is 354 g/mol. The molecule has 0 spiro atoms. The first-order chi connectivity index (χ1) is 13.6. The number of nitrogens with zero attached hydrogens (tertiary/aromatic N) is 1. The third-order valence-electron chi connectivity index (χ3n) is 5.11. The summed E-state index contributed by atoms with van der Waals surface area (Å²) in [6.45, 7) is 2.25. The number of unbranched alkanes of at least 4 members (excludes halogenated alkanes) is 12. The molecule has 0 bridgehead atoms. The van der Waals surface area contributed by atoms with Crippen molar-refractivity contribution >= 4 is 11.9 Å². The van der Waals surface area contributed by atoms with Crippen LogP contribution in [0.1, 0.15) is 103 Å². The van der Waals surface area contributed by atoms with Gasteiger partial charge in [0.25, 0.3) is 0 Å². The molecule has 6 nitrogen and oxygen atoms in total. The molecule has 1 heterocycles. The number of carboxylic acid groups (broad SMARTS) is 1. The summed E-state index contributed by atoms with van der Waals surface area (Å²) in [6.07, 6.45) is 20.1. The topological polar surface area (TPSA) is 95.1 Å². The van der Waals surface area contributed by atoms with Crippen LogP contribution in [-0.2, 0) is 16.0 Å². The van der Waals surface area contributed by atoms with Gasteiger partial charge in [0.15, 0.2) is 0 Å². The molecule has 1 unspecified atom stereocenters. The van der Waals surface area contributed by atoms with Crippen molar-refractivity contribution in [3.63, 3.8) is 0 Å². The molecule has 1 aromatic rings. The molecule has 28 heavy (non-hydrogen) atoms. The second kappa shape index (κ2) is 16.1. The van der Waals surface area contributed by atoms with Gasteiger partial charge >= 0.3 is 5.97 Å². The Morgan fingerprint density at radius 1 is 0.964 bits per heavy atom. The number of aromatic amines is 1. The lowest BCUT2D eigenvalue weighted by molar-refractivity contribution is -0.141. The van der Waals surface area contributed by atoms with Crippen molar-refractivity contribution in [2.24, 2.45) is 0 Å². The van der Waals surface area contributed by atoms with Gasteiger partial charge in [0.2, 0.25) is 5.91 Å². The van der Waals surface area contributed by atoms with Crippen LogP contribution in [0.15, 0.2) is 12.5 Å². The first-order valence-corrected chi connectivity index (χ1v) is 11.1. The molecule has 0 saturated heterocycles. The molecule has 6 heteroatoms. The van der Waals surface area contributed by atoms with E-state index in [4.69, 9.17) is 0 Å². The standard InChI is InChI=1S/C22H39N3O3/c1-2-3-4-5-6-7-8-9-10-11-12-13-14-15-21(26)25-20(22(27)28)16-19-17-23-18-24-19/h17-18,20H,2-16H2,1H3,(H,23,24)(H,25,26)(H,27,28). The SMILES string of the molecule is CCCCCCCCCCCCCCCC(=O)NC(Cc1c[nH]cn1)C(=O)O. The predicted octanol–water partition coefficient (Wildman–Crippen LogP) is 5.00. The van der Waals surface area contributed by atoms with Crippen molar-refractivity contribution in [3.05, 3.63) is 18.2 Å². The summed E-state index contributed by atoms with van der Waals surface area (Å²) in [4.78, 5) is 30.1. The molecule has 0 saturated carbocycles. The molecule has 1 aromatic heterocycles. The minimum Gasteiger partial charge on any atom is -0.480 e. The van der Waals surface area contributed by atoms with E-state index in [1.165, 1.54) is 70.5 Å². The van der Waals surface area contributed by atoms with E-state index in [0.717, 1.165) is 19.3 Å². The van der Waals surface area contributed by atoms with Gasteiger partial charge in [-0.25, -0.2) is 9.78 Å². The van der Waals surface area contributed by atoms with E-state index in [1.54, 1.807) is 6.20 Å². The van der Waals surface area contributed by atoms with E-state index >= 15 is 0 Å². The Hall–Kier alpha value is -1.85. The summed E-state index contributed by atoms with van der Waals surface area (Å²) < 4.78 is 0. The van der Waals surface area contributed by atoms with E-state index in [9.17, 15) is 14.7 Å². The average Bonchev–Trinajstić information content (AvgIpc) is 3.18. The van der Waals surface area contributed by atoms with Gasteiger partial charge in [0.1, 0.15) is 6.04 Å². The van der Waals surface area contributed by atoms with Gasteiger partial charge in [0.05, 0.1) is 12.0 Å². The number of aromatic nitrogens is 2. The second-order valence-corrected chi connectivity index (χ2v) is 7.72. The first kappa shape index (κ1) is 24.2. The summed E-state index contributed by atoms with van der Waals surface area (Å²) in [7, 11) is 0. The van der Waals surface area contributed by atoms with Gasteiger partial charge in [-0.1, -0.05) is 84.0 Å². The number of rotatable bonds is 18. The number of aliphatic carboxylic acids is 1. The highest BCUT2D eigenvalue weighted by molar-refractivity contribution is 5.83. The maximum Gasteiger partial charge on any atom is 0.326 e. The van der Waals surface area contributed by atoms with Crippen LogP contribution in [0.25, 0.3) is 0 Å². The predicted molar refractivity (Wildman–Crippen MR) is 112 cm³/mol. The molecule has 160 valence electrons. The van der Waals surface area contributed by atoms with E-state index in [1.807, 2.05) is 0 Å². The molecule has 1 rings (SSSR count). The highest BCUT2D eigenvalue weighted by Crippen LogP contribution is 2.13. The van der Waals surface area contributed by atoms with E-state index in [0.29, 0.717) is 12.1 Å². The van der Waals surface area contributed by atoms with Crippen molar-refractivity contribution in [3.8, 4) is 0 Å². The van der Waals surface area contributed by atoms with E-state index in [2.05, 4.69) is 22.2 Å². The van der Waals surface area contributed by atoms with Crippen LogP contribution >= 0.6 is 0 Å². The zero-order valence-corrected chi connectivity index (χ0v) is 17.5. The summed E-state index contributed by atoms with van der Waals surface area (Å²) in [5, 5.41) is 11.9. The summed E-state index contributed by atoms with van der Waals surface area (Å²) in [6, 6.07) is -0.919. The number of H-pyrrole nitrogens is 1. The first-order valence-electron chi connectivity index (χ1n) is 11.1. The van der Waals surface area contributed by atoms with Gasteiger partial charge in [-0.2, -0.15) is 0 Å². The smallest absolute Gasteiger partial charge is 0.326 e. The van der Waals surface area contributed by atoms with Gasteiger partial charge in [-0.3, -0.25) is 4.79 Å². The Morgan fingerprint density at radius 2 is 1.50 bits per heavy atom. The van der Waals surface area contributed by atoms with Crippen molar-refractivity contribution in [1.29, 1.82) is 0 Å². The largest absolute Gasteiger partial charge is 0.480 e. The molecule has 0 aromatic carbocycles. The van der Waals surface area contributed by atoms with Crippen molar-refractivity contribution in [2.45, 2.75) is 109 Å². The third kappa shape index (κ3) is 12.5. The number of imidazole rings is 1. The van der Waals surface area contributed by atoms with Crippen LogP contribution in [0.3, 0.4) is 0 Å². The van der Waals surface area contributed by atoms with Gasteiger partial charge in [-0.15, -0.1) is 0 Å². The van der Waals surface area contributed by atoms with E-state index in [-0.39, 0.29) is 12.3 Å². The fraction of sp³-hybridized carbons (Fsp3) is 0.773. The average molecular weight is 394 g/mol. The minimum atomic E-state index is -1.03. The third-order valence-corrected chi connectivity index (χ3v) is 5.11. The summed E-state index contributed by atoms with van der Waals surface area (Å²) in [5.74, 6) is -1.22. The zero-order valence-electron chi connectivity index (χ0n) is 17.5. The number of amides is 1. The second-order valence-electron chi connectivity index (χ2n) is 7.72. The molecule has 1 atom stereocenters. The van der Waals surface area contributed by atoms with Crippen molar-refractivity contribution in [1.82, 2.24) is 15.3 Å². The molecule has 0 fully saturated rings. The molecule has 0 radical (unpaired) electrons. The van der Waals surface area contributed by atoms with Crippen LogP contribution in [-0.4, -0.2) is 33.0 Å². The maximum absolute atomic E-state index is 12.0. The van der Waals surface area contributed by atoms with Gasteiger partial charge in [0, 0.05) is 19.0 Å². The fourth-order valence-corrected chi connectivity index (χ4v) is 3.38. The normalized spacial score (nSPS) is 12.0. The Bertz CT molecular complexity index is 517. The number of hydrogen-bond acceptors (Lipinski definition) is 3. The molecule has 0 aliphatic heterocycles. The fourth-order valence-electron chi connectivity index (χ4n) is 3.38. The van der Waals surface area contributed by atoms with Crippen LogP contribution in [0.5, 0.6) is 0 Å². The van der Waals surface area contributed by atoms with Gasteiger partial charge in [-0.05, 0) is 6.42 Å². The highest BCUT2D eigenvalue weighted by atomic mass is 16.4. The summed E-state index contributed by atoms with van der Waals surface area (Å²) in [5.41, 5.74) is 0.633. The zero-order chi connectivity index (χ0) is 20.5. The maximum atomic E-state index is 12.0. The monoisotopic (exact) mass is 393 g/mol. The Balaban J connectivity index is 1.96. The molecule has 1 amide bonds. The number of carboxylic acids is 1. The molecule has 3 N–H and O–H groups in total. The van der Waals surface area contributed by atoms with Crippen LogP contribution in [0.4, 0.5) is 0 Å². The van der Waals surface area contributed by atoms with E-state index < -0.39 is 12.0 Å². The molecule has 0 aliphatic rings. The number of hydrogen-bond donors (Lipinski definition) is 3.